The molecule has 0 aliphatic rings. The van der Waals surface area contributed by atoms with Crippen LogP contribution in [0.5, 0.6) is 0 Å². The molecule has 0 saturated carbocycles. The highest BCUT2D eigenvalue weighted by atomic mass is 35.5. The minimum atomic E-state index is -3.78. The number of aromatic nitrogens is 5. The first-order valence-corrected chi connectivity index (χ1v) is 15.9. The van der Waals surface area contributed by atoms with Gasteiger partial charge in [-0.15, -0.1) is 5.10 Å². The normalized spacial score (nSPS) is 11.8. The Morgan fingerprint density at radius 2 is 1.79 bits per heavy atom. The molecular weight excluding hydrogens is 652 g/mol. The SMILES string of the molecule is CCS(=O)(=O)NC(=O)Nc1ccc(CC(C(=O)Nc2ccc3[nH]ccc3c2)N(Nc2cc(Cl)ccc2-n2cnnn2)C(=O)C=O)cc1. The number of aromatic amines is 1. The van der Waals surface area contributed by atoms with Gasteiger partial charge >= 0.3 is 11.9 Å². The number of H-pyrrole nitrogens is 1. The number of hydrogen-bond donors (Lipinski definition) is 5. The van der Waals surface area contributed by atoms with E-state index < -0.39 is 33.9 Å². The summed E-state index contributed by atoms with van der Waals surface area (Å²) in [6.45, 7) is 1.39. The van der Waals surface area contributed by atoms with Crippen LogP contribution in [0.2, 0.25) is 5.02 Å². The van der Waals surface area contributed by atoms with Crippen LogP contribution in [-0.4, -0.2) is 74.5 Å². The minimum absolute atomic E-state index is 0.0658. The summed E-state index contributed by atoms with van der Waals surface area (Å²) in [5.41, 5.74) is 5.52. The Hall–Kier alpha value is -5.81. The molecule has 0 fully saturated rings. The number of tetrazole rings is 1. The number of urea groups is 1. The van der Waals surface area contributed by atoms with Crippen LogP contribution in [0.3, 0.4) is 0 Å². The highest BCUT2D eigenvalue weighted by molar-refractivity contribution is 7.90. The molecule has 16 nitrogen and oxygen atoms in total. The standard InChI is InChI=1S/C29H27ClN10O6S/c1-2-47(45,46)36-29(44)34-21-6-3-18(4-7-21)13-26(28(43)33-22-8-9-23-19(14-22)11-12-31-23)40(27(42)16-41)35-24-15-20(30)5-10-25(24)39-17-32-37-38-39/h3-12,14-17,26,31,35H,2,13H2,1H3,(H,33,43)(H2,34,36,44). The molecule has 0 aliphatic heterocycles. The maximum atomic E-state index is 13.9. The number of hydrogen-bond acceptors (Lipinski definition) is 10. The van der Waals surface area contributed by atoms with Gasteiger partial charge in [0.05, 0.1) is 17.1 Å². The second-order valence-corrected chi connectivity index (χ2v) is 12.4. The molecule has 1 atom stereocenters. The van der Waals surface area contributed by atoms with E-state index in [2.05, 4.69) is 36.6 Å². The van der Waals surface area contributed by atoms with Crippen molar-refractivity contribution in [3.05, 3.63) is 89.8 Å². The van der Waals surface area contributed by atoms with Crippen molar-refractivity contribution in [2.24, 2.45) is 0 Å². The van der Waals surface area contributed by atoms with E-state index in [9.17, 15) is 27.6 Å². The first-order chi connectivity index (χ1) is 22.5. The highest BCUT2D eigenvalue weighted by Crippen LogP contribution is 2.26. The molecule has 4 amide bonds. The van der Waals surface area contributed by atoms with E-state index >= 15 is 0 Å². The Morgan fingerprint density at radius 1 is 1.02 bits per heavy atom. The summed E-state index contributed by atoms with van der Waals surface area (Å²) in [6.07, 6.45) is 3.03. The smallest absolute Gasteiger partial charge is 0.332 e. The van der Waals surface area contributed by atoms with Gasteiger partial charge in [0.2, 0.25) is 22.2 Å². The lowest BCUT2D eigenvalue weighted by Gasteiger charge is -2.31. The number of carbonyl (C=O) groups excluding carboxylic acids is 4. The molecule has 5 aromatic rings. The topological polar surface area (TPSA) is 213 Å². The molecule has 0 aliphatic carbocycles. The number of sulfonamides is 1. The average Bonchev–Trinajstić information content (AvgIpc) is 3.75. The summed E-state index contributed by atoms with van der Waals surface area (Å²) < 4.78 is 26.6. The van der Waals surface area contributed by atoms with Crippen molar-refractivity contribution in [3.8, 4) is 5.69 Å². The number of halogens is 1. The van der Waals surface area contributed by atoms with Crippen molar-refractivity contribution in [2.75, 3.05) is 21.8 Å². The van der Waals surface area contributed by atoms with Crippen molar-refractivity contribution >= 4 is 73.7 Å². The number of hydrazine groups is 1. The van der Waals surface area contributed by atoms with E-state index in [1.165, 1.54) is 36.1 Å². The second-order valence-electron chi connectivity index (χ2n) is 10.00. The molecule has 5 N–H and O–H groups in total. The van der Waals surface area contributed by atoms with E-state index in [-0.39, 0.29) is 34.9 Å². The van der Waals surface area contributed by atoms with E-state index in [0.29, 0.717) is 16.9 Å². The first kappa shape index (κ1) is 32.6. The van der Waals surface area contributed by atoms with Crippen molar-refractivity contribution in [1.82, 2.24) is 34.9 Å². The summed E-state index contributed by atoms with van der Waals surface area (Å²) in [4.78, 5) is 54.2. The van der Waals surface area contributed by atoms with Gasteiger partial charge in [-0.25, -0.2) is 22.9 Å². The summed E-state index contributed by atoms with van der Waals surface area (Å²) >= 11 is 6.26. The fraction of sp³-hybridized carbons (Fsp3) is 0.138. The van der Waals surface area contributed by atoms with Gasteiger partial charge in [0.15, 0.2) is 0 Å². The summed E-state index contributed by atoms with van der Waals surface area (Å²) in [5.74, 6) is -1.99. The van der Waals surface area contributed by atoms with Gasteiger partial charge < -0.3 is 15.6 Å². The van der Waals surface area contributed by atoms with Gasteiger partial charge in [-0.05, 0) is 77.5 Å². The number of amides is 4. The molecule has 0 bridgehead atoms. The van der Waals surface area contributed by atoms with Gasteiger partial charge in [-0.2, -0.15) is 4.68 Å². The van der Waals surface area contributed by atoms with Crippen molar-refractivity contribution in [2.45, 2.75) is 19.4 Å². The number of rotatable bonds is 12. The molecule has 0 spiro atoms. The molecule has 2 aromatic heterocycles. The van der Waals surface area contributed by atoms with E-state index in [1.54, 1.807) is 48.7 Å². The van der Waals surface area contributed by atoms with Gasteiger partial charge in [-0.3, -0.25) is 19.8 Å². The average molecular weight is 679 g/mol. The number of benzene rings is 3. The second kappa shape index (κ2) is 14.1. The van der Waals surface area contributed by atoms with E-state index in [1.807, 2.05) is 10.8 Å². The summed E-state index contributed by atoms with van der Waals surface area (Å²) in [6, 6.07) is 15.5. The predicted octanol–water partition coefficient (Wildman–Crippen LogP) is 2.87. The van der Waals surface area contributed by atoms with Crippen LogP contribution in [0.25, 0.3) is 16.6 Å². The summed E-state index contributed by atoms with van der Waals surface area (Å²) in [7, 11) is -3.78. The Morgan fingerprint density at radius 3 is 2.49 bits per heavy atom. The number of aldehydes is 1. The maximum absolute atomic E-state index is 13.9. The number of nitrogens with zero attached hydrogens (tertiary/aromatic N) is 5. The molecular formula is C29H27ClN10O6S. The van der Waals surface area contributed by atoms with Crippen molar-refractivity contribution < 1.29 is 27.6 Å². The van der Waals surface area contributed by atoms with Gasteiger partial charge in [0.1, 0.15) is 12.4 Å². The number of carbonyl (C=O) groups is 4. The van der Waals surface area contributed by atoms with Crippen LogP contribution in [-0.2, 0) is 30.8 Å². The Bertz CT molecular complexity index is 2030. The quantitative estimate of drug-likeness (QED) is 0.0739. The third-order valence-electron chi connectivity index (χ3n) is 6.84. The molecule has 2 heterocycles. The van der Waals surface area contributed by atoms with Gasteiger partial charge in [-0.1, -0.05) is 23.7 Å². The third kappa shape index (κ3) is 8.08. The maximum Gasteiger partial charge on any atom is 0.332 e. The minimum Gasteiger partial charge on any atom is -0.361 e. The number of fused-ring (bicyclic) bond motifs is 1. The highest BCUT2D eigenvalue weighted by Gasteiger charge is 2.32. The van der Waals surface area contributed by atoms with E-state index in [4.69, 9.17) is 11.6 Å². The van der Waals surface area contributed by atoms with E-state index in [0.717, 1.165) is 15.9 Å². The van der Waals surface area contributed by atoms with Crippen LogP contribution >= 0.6 is 11.6 Å². The lowest BCUT2D eigenvalue weighted by molar-refractivity contribution is -0.141. The zero-order valence-electron chi connectivity index (χ0n) is 24.5. The molecule has 5 rings (SSSR count). The van der Waals surface area contributed by atoms with Gasteiger partial charge in [0.25, 0.3) is 0 Å². The molecule has 0 radical (unpaired) electrons. The molecule has 1 unspecified atom stereocenters. The number of anilines is 3. The lowest BCUT2D eigenvalue weighted by Crippen LogP contribution is -2.52. The Balaban J connectivity index is 1.47. The van der Waals surface area contributed by atoms with Gasteiger partial charge in [0, 0.05) is 39.9 Å². The Kier molecular flexibility index (Phi) is 9.77. The molecule has 3 aromatic carbocycles. The van der Waals surface area contributed by atoms with Crippen LogP contribution in [0.4, 0.5) is 21.9 Å². The first-order valence-electron chi connectivity index (χ1n) is 13.9. The largest absolute Gasteiger partial charge is 0.361 e. The predicted molar refractivity (Wildman–Crippen MR) is 173 cm³/mol. The fourth-order valence-corrected chi connectivity index (χ4v) is 5.17. The zero-order valence-corrected chi connectivity index (χ0v) is 26.1. The molecule has 0 saturated heterocycles. The lowest BCUT2D eigenvalue weighted by atomic mass is 10.0. The molecule has 242 valence electrons. The fourth-order valence-electron chi connectivity index (χ4n) is 4.52. The molecule has 18 heteroatoms. The van der Waals surface area contributed by atoms with Crippen molar-refractivity contribution in [1.29, 1.82) is 0 Å². The van der Waals surface area contributed by atoms with Crippen LogP contribution in [0.15, 0.2) is 79.3 Å². The van der Waals surface area contributed by atoms with Crippen LogP contribution in [0.1, 0.15) is 12.5 Å². The third-order valence-corrected chi connectivity index (χ3v) is 8.33. The zero-order chi connectivity index (χ0) is 33.6. The van der Waals surface area contributed by atoms with Crippen molar-refractivity contribution in [3.63, 3.8) is 0 Å². The van der Waals surface area contributed by atoms with Crippen LogP contribution < -0.4 is 20.8 Å². The monoisotopic (exact) mass is 678 g/mol. The number of nitrogens with one attached hydrogen (secondary N) is 5. The Labute approximate surface area is 272 Å². The summed E-state index contributed by atoms with van der Waals surface area (Å²) in [5, 5.41) is 18.4. The molecule has 47 heavy (non-hydrogen) atoms. The van der Waals surface area contributed by atoms with Crippen LogP contribution in [0, 0.1) is 0 Å².